The van der Waals surface area contributed by atoms with Gasteiger partial charge in [-0.15, -0.1) is 24.0 Å². The number of nitrogens with zero attached hydrogens (tertiary/aromatic N) is 3. The quantitative estimate of drug-likeness (QED) is 0.337. The third kappa shape index (κ3) is 7.06. The van der Waals surface area contributed by atoms with Crippen molar-refractivity contribution in [2.75, 3.05) is 32.8 Å². The van der Waals surface area contributed by atoms with Crippen LogP contribution in [-0.4, -0.2) is 48.6 Å². The Hall–Kier alpha value is -1.88. The normalized spacial score (nSPS) is 17.3. The van der Waals surface area contributed by atoms with Gasteiger partial charge in [-0.25, -0.2) is 0 Å². The SMILES string of the molecule is CCNC(=NCCc1ccncc1C)N1CCOC(c2cccc(C(F)(F)F)c2)C1.I. The Morgan fingerprint density at radius 1 is 1.32 bits per heavy atom. The summed E-state index contributed by atoms with van der Waals surface area (Å²) in [6.45, 7) is 6.84. The summed E-state index contributed by atoms with van der Waals surface area (Å²) in [6.07, 6.45) is -0.395. The molecule has 1 aliphatic rings. The Bertz CT molecular complexity index is 876. The Morgan fingerprint density at radius 3 is 2.84 bits per heavy atom. The van der Waals surface area contributed by atoms with Gasteiger partial charge in [0.25, 0.3) is 0 Å². The predicted octanol–water partition coefficient (Wildman–Crippen LogP) is 4.61. The molecule has 1 aromatic heterocycles. The number of morpholine rings is 1. The van der Waals surface area contributed by atoms with Crippen molar-refractivity contribution in [1.82, 2.24) is 15.2 Å². The zero-order valence-electron chi connectivity index (χ0n) is 17.7. The fourth-order valence-electron chi connectivity index (χ4n) is 3.45. The van der Waals surface area contributed by atoms with Crippen LogP contribution in [0.5, 0.6) is 0 Å². The number of aromatic nitrogens is 1. The molecule has 1 N–H and O–H groups in total. The van der Waals surface area contributed by atoms with Crippen LogP contribution in [0.25, 0.3) is 0 Å². The van der Waals surface area contributed by atoms with E-state index in [-0.39, 0.29) is 24.0 Å². The lowest BCUT2D eigenvalue weighted by molar-refractivity contribution is -0.137. The molecular weight excluding hydrogens is 520 g/mol. The van der Waals surface area contributed by atoms with Gasteiger partial charge in [0.2, 0.25) is 0 Å². The first-order chi connectivity index (χ1) is 14.4. The second kappa shape index (κ2) is 11.7. The summed E-state index contributed by atoms with van der Waals surface area (Å²) >= 11 is 0. The number of pyridine rings is 1. The molecule has 1 saturated heterocycles. The van der Waals surface area contributed by atoms with Crippen LogP contribution in [0, 0.1) is 6.92 Å². The highest BCUT2D eigenvalue weighted by molar-refractivity contribution is 14.0. The van der Waals surface area contributed by atoms with Crippen molar-refractivity contribution in [1.29, 1.82) is 0 Å². The minimum atomic E-state index is -4.37. The van der Waals surface area contributed by atoms with E-state index in [1.807, 2.05) is 26.1 Å². The number of nitrogens with one attached hydrogen (secondary N) is 1. The molecule has 9 heteroatoms. The summed E-state index contributed by atoms with van der Waals surface area (Å²) in [7, 11) is 0. The monoisotopic (exact) mass is 548 g/mol. The van der Waals surface area contributed by atoms with Crippen molar-refractivity contribution in [3.05, 3.63) is 65.0 Å². The van der Waals surface area contributed by atoms with Crippen LogP contribution in [-0.2, 0) is 17.3 Å². The zero-order valence-corrected chi connectivity index (χ0v) is 20.0. The van der Waals surface area contributed by atoms with E-state index in [0.29, 0.717) is 38.3 Å². The molecule has 0 saturated carbocycles. The van der Waals surface area contributed by atoms with E-state index in [1.165, 1.54) is 17.7 Å². The van der Waals surface area contributed by atoms with Gasteiger partial charge >= 0.3 is 6.18 Å². The average Bonchev–Trinajstić information content (AvgIpc) is 2.74. The topological polar surface area (TPSA) is 49.8 Å². The summed E-state index contributed by atoms with van der Waals surface area (Å²) in [5, 5.41) is 3.29. The lowest BCUT2D eigenvalue weighted by Crippen LogP contribution is -2.48. The van der Waals surface area contributed by atoms with Crippen molar-refractivity contribution in [2.45, 2.75) is 32.5 Å². The van der Waals surface area contributed by atoms with Crippen LogP contribution in [0.4, 0.5) is 13.2 Å². The maximum atomic E-state index is 13.1. The molecule has 0 bridgehead atoms. The van der Waals surface area contributed by atoms with Crippen LogP contribution in [0.15, 0.2) is 47.7 Å². The Kier molecular flexibility index (Phi) is 9.54. The van der Waals surface area contributed by atoms with Gasteiger partial charge in [-0.3, -0.25) is 9.98 Å². The second-order valence-corrected chi connectivity index (χ2v) is 7.22. The number of ether oxygens (including phenoxy) is 1. The number of alkyl halides is 3. The molecule has 0 spiro atoms. The molecule has 2 heterocycles. The van der Waals surface area contributed by atoms with Gasteiger partial charge in [-0.2, -0.15) is 13.2 Å². The first-order valence-corrected chi connectivity index (χ1v) is 10.1. The highest BCUT2D eigenvalue weighted by Gasteiger charge is 2.32. The molecule has 1 aromatic carbocycles. The molecule has 0 radical (unpaired) electrons. The molecule has 3 rings (SSSR count). The fourth-order valence-corrected chi connectivity index (χ4v) is 3.45. The van der Waals surface area contributed by atoms with Crippen LogP contribution in [0.2, 0.25) is 0 Å². The van der Waals surface area contributed by atoms with Crippen molar-refractivity contribution in [3.8, 4) is 0 Å². The number of hydrogen-bond acceptors (Lipinski definition) is 3. The highest BCUT2D eigenvalue weighted by Crippen LogP contribution is 2.32. The molecule has 170 valence electrons. The maximum absolute atomic E-state index is 13.1. The minimum Gasteiger partial charge on any atom is -0.370 e. The van der Waals surface area contributed by atoms with E-state index in [1.54, 1.807) is 12.3 Å². The van der Waals surface area contributed by atoms with E-state index < -0.39 is 17.8 Å². The molecule has 1 unspecified atom stereocenters. The molecule has 0 amide bonds. The van der Waals surface area contributed by atoms with Crippen molar-refractivity contribution < 1.29 is 17.9 Å². The number of halogens is 4. The number of aryl methyl sites for hydroxylation is 1. The van der Waals surface area contributed by atoms with E-state index in [9.17, 15) is 13.2 Å². The lowest BCUT2D eigenvalue weighted by Gasteiger charge is -2.35. The van der Waals surface area contributed by atoms with Gasteiger partial charge < -0.3 is 15.0 Å². The number of hydrogen-bond donors (Lipinski definition) is 1. The van der Waals surface area contributed by atoms with Crippen molar-refractivity contribution in [3.63, 3.8) is 0 Å². The molecule has 31 heavy (non-hydrogen) atoms. The highest BCUT2D eigenvalue weighted by atomic mass is 127. The van der Waals surface area contributed by atoms with E-state index in [4.69, 9.17) is 9.73 Å². The number of guanidine groups is 1. The van der Waals surface area contributed by atoms with Crippen LogP contribution in [0.3, 0.4) is 0 Å². The largest absolute Gasteiger partial charge is 0.416 e. The molecule has 2 aromatic rings. The van der Waals surface area contributed by atoms with Crippen LogP contribution < -0.4 is 5.32 Å². The van der Waals surface area contributed by atoms with E-state index in [2.05, 4.69) is 15.2 Å². The van der Waals surface area contributed by atoms with E-state index in [0.717, 1.165) is 24.0 Å². The number of rotatable bonds is 5. The summed E-state index contributed by atoms with van der Waals surface area (Å²) in [6, 6.07) is 7.35. The zero-order chi connectivity index (χ0) is 21.6. The Balaban J connectivity index is 0.00000341. The molecule has 5 nitrogen and oxygen atoms in total. The van der Waals surface area contributed by atoms with Crippen LogP contribution in [0.1, 0.15) is 35.3 Å². The van der Waals surface area contributed by atoms with Crippen molar-refractivity contribution >= 4 is 29.9 Å². The van der Waals surface area contributed by atoms with Crippen LogP contribution >= 0.6 is 24.0 Å². The molecule has 1 atom stereocenters. The standard InChI is InChI=1S/C22H27F3N4O.HI/c1-3-27-21(28-10-8-17-7-9-26-14-16(17)2)29-11-12-30-20(15-29)18-5-4-6-19(13-18)22(23,24)25;/h4-7,9,13-14,20H,3,8,10-12,15H2,1-2H3,(H,27,28);1H. The van der Waals surface area contributed by atoms with Gasteiger partial charge in [-0.05, 0) is 55.2 Å². The summed E-state index contributed by atoms with van der Waals surface area (Å²) in [5.41, 5.74) is 2.20. The minimum absolute atomic E-state index is 0. The van der Waals surface area contributed by atoms with Gasteiger partial charge in [0.15, 0.2) is 5.96 Å². The van der Waals surface area contributed by atoms with Gasteiger partial charge in [-0.1, -0.05) is 12.1 Å². The predicted molar refractivity (Wildman–Crippen MR) is 126 cm³/mol. The first-order valence-electron chi connectivity index (χ1n) is 10.1. The smallest absolute Gasteiger partial charge is 0.370 e. The van der Waals surface area contributed by atoms with Crippen molar-refractivity contribution in [2.24, 2.45) is 4.99 Å². The average molecular weight is 548 g/mol. The maximum Gasteiger partial charge on any atom is 0.416 e. The third-order valence-electron chi connectivity index (χ3n) is 5.07. The molecule has 0 aliphatic carbocycles. The summed E-state index contributed by atoms with van der Waals surface area (Å²) in [4.78, 5) is 10.9. The molecular formula is C22H28F3IN4O. The third-order valence-corrected chi connectivity index (χ3v) is 5.07. The Morgan fingerprint density at radius 2 is 2.13 bits per heavy atom. The molecule has 1 fully saturated rings. The lowest BCUT2D eigenvalue weighted by atomic mass is 10.0. The van der Waals surface area contributed by atoms with Gasteiger partial charge in [0.1, 0.15) is 6.10 Å². The van der Waals surface area contributed by atoms with Gasteiger partial charge in [0.05, 0.1) is 18.7 Å². The van der Waals surface area contributed by atoms with Gasteiger partial charge in [0, 0.05) is 32.0 Å². The fraction of sp³-hybridized carbons (Fsp3) is 0.455. The number of aliphatic imine (C=N–C) groups is 1. The summed E-state index contributed by atoms with van der Waals surface area (Å²) in [5.74, 6) is 0.754. The summed E-state index contributed by atoms with van der Waals surface area (Å²) < 4.78 is 45.0. The van der Waals surface area contributed by atoms with E-state index >= 15 is 0 Å². The Labute approximate surface area is 198 Å². The number of benzene rings is 1. The molecule has 1 aliphatic heterocycles. The first kappa shape index (κ1) is 25.4. The second-order valence-electron chi connectivity index (χ2n) is 7.22.